The van der Waals surface area contributed by atoms with Gasteiger partial charge in [0.15, 0.2) is 6.29 Å². The van der Waals surface area contributed by atoms with E-state index < -0.39 is 29.0 Å². The fourth-order valence-corrected chi connectivity index (χ4v) is 3.05. The zero-order valence-corrected chi connectivity index (χ0v) is 14.2. The molecular formula is C17H19NO5S. The van der Waals surface area contributed by atoms with Crippen LogP contribution in [0.3, 0.4) is 0 Å². The molecule has 0 spiro atoms. The quantitative estimate of drug-likeness (QED) is 0.898. The van der Waals surface area contributed by atoms with Crippen molar-refractivity contribution in [2.75, 3.05) is 7.05 Å². The first-order valence-electron chi connectivity index (χ1n) is 7.53. The molecule has 2 aromatic carbocycles. The first kappa shape index (κ1) is 17.1. The van der Waals surface area contributed by atoms with E-state index in [1.165, 1.54) is 7.05 Å². The summed E-state index contributed by atoms with van der Waals surface area (Å²) >= 11 is 0. The van der Waals surface area contributed by atoms with Crippen LogP contribution in [0, 0.1) is 6.92 Å². The summed E-state index contributed by atoms with van der Waals surface area (Å²) in [5.41, 5.74) is 2.59. The van der Waals surface area contributed by atoms with Gasteiger partial charge in [0, 0.05) is 12.6 Å². The molecule has 1 N–H and O–H groups in total. The number of benzene rings is 2. The highest BCUT2D eigenvalue weighted by atomic mass is 32.2. The molecule has 1 fully saturated rings. The highest BCUT2D eigenvalue weighted by Crippen LogP contribution is 2.41. The van der Waals surface area contributed by atoms with Crippen molar-refractivity contribution in [3.05, 3.63) is 71.3 Å². The van der Waals surface area contributed by atoms with E-state index >= 15 is 0 Å². The largest absolute Gasteiger partial charge is 0.338 e. The van der Waals surface area contributed by atoms with Crippen LogP contribution in [0.5, 0.6) is 0 Å². The molecule has 6 nitrogen and oxygen atoms in total. The van der Waals surface area contributed by atoms with E-state index in [1.54, 1.807) is 0 Å². The number of ether oxygens (including phenoxy) is 2. The molecule has 0 aliphatic carbocycles. The first-order valence-corrected chi connectivity index (χ1v) is 8.94. The number of hydrogen-bond donors (Lipinski definition) is 1. The van der Waals surface area contributed by atoms with E-state index in [-0.39, 0.29) is 0 Å². The van der Waals surface area contributed by atoms with E-state index in [0.717, 1.165) is 16.7 Å². The van der Waals surface area contributed by atoms with Gasteiger partial charge in [-0.25, -0.2) is 4.18 Å². The van der Waals surface area contributed by atoms with Crippen molar-refractivity contribution < 1.29 is 22.1 Å². The summed E-state index contributed by atoms with van der Waals surface area (Å²) in [4.78, 5) is 0. The molecular weight excluding hydrogens is 330 g/mol. The Labute approximate surface area is 141 Å². The maximum absolute atomic E-state index is 11.8. The predicted octanol–water partition coefficient (Wildman–Crippen LogP) is 2.59. The maximum Gasteiger partial charge on any atom is 0.338 e. The van der Waals surface area contributed by atoms with Crippen molar-refractivity contribution >= 4 is 10.3 Å². The fraction of sp³-hybridized carbons (Fsp3) is 0.294. The van der Waals surface area contributed by atoms with Crippen LogP contribution in [0.1, 0.15) is 29.1 Å². The van der Waals surface area contributed by atoms with Gasteiger partial charge < -0.3 is 9.47 Å². The second-order valence-corrected chi connectivity index (χ2v) is 6.92. The molecule has 1 heterocycles. The zero-order valence-electron chi connectivity index (χ0n) is 13.4. The average Bonchev–Trinajstić information content (AvgIpc) is 2.99. The Morgan fingerprint density at radius 2 is 1.67 bits per heavy atom. The molecule has 128 valence electrons. The maximum atomic E-state index is 11.8. The monoisotopic (exact) mass is 349 g/mol. The van der Waals surface area contributed by atoms with Crippen molar-refractivity contribution in [1.29, 1.82) is 0 Å². The van der Waals surface area contributed by atoms with Gasteiger partial charge in [-0.2, -0.15) is 13.1 Å². The van der Waals surface area contributed by atoms with Gasteiger partial charge in [0.1, 0.15) is 6.10 Å². The summed E-state index contributed by atoms with van der Waals surface area (Å²) in [6, 6.07) is 16.9. The van der Waals surface area contributed by atoms with Crippen molar-refractivity contribution in [2.24, 2.45) is 0 Å². The van der Waals surface area contributed by atoms with E-state index in [1.807, 2.05) is 61.5 Å². The van der Waals surface area contributed by atoms with Crippen molar-refractivity contribution in [3.8, 4) is 0 Å². The minimum absolute atomic E-state index is 0.653. The smallest absolute Gasteiger partial charge is 0.335 e. The Morgan fingerprint density at radius 3 is 2.33 bits per heavy atom. The lowest BCUT2D eigenvalue weighted by Crippen LogP contribution is -2.30. The Bertz CT molecular complexity index is 794. The third kappa shape index (κ3) is 3.66. The molecule has 1 saturated heterocycles. The molecule has 3 rings (SSSR count). The lowest BCUT2D eigenvalue weighted by atomic mass is 10.0. The normalized spacial score (nSPS) is 24.2. The van der Waals surface area contributed by atoms with Crippen LogP contribution in [-0.4, -0.2) is 21.8 Å². The first-order chi connectivity index (χ1) is 11.5. The van der Waals surface area contributed by atoms with Gasteiger partial charge in [-0.15, -0.1) is 0 Å². The SMILES string of the molecule is CNS(=O)(=O)OC1OC(c2ccccc2)OC1c1ccccc1C. The van der Waals surface area contributed by atoms with Crippen LogP contribution in [0.25, 0.3) is 0 Å². The minimum Gasteiger partial charge on any atom is -0.335 e. The molecule has 0 saturated carbocycles. The van der Waals surface area contributed by atoms with Crippen LogP contribution in [0.2, 0.25) is 0 Å². The number of hydrogen-bond acceptors (Lipinski definition) is 5. The summed E-state index contributed by atoms with van der Waals surface area (Å²) in [5, 5.41) is 0. The second kappa shape index (κ2) is 7.00. The fourth-order valence-electron chi connectivity index (χ4n) is 2.56. The van der Waals surface area contributed by atoms with Gasteiger partial charge in [0.05, 0.1) is 0 Å². The van der Waals surface area contributed by atoms with Gasteiger partial charge in [-0.1, -0.05) is 54.6 Å². The van der Waals surface area contributed by atoms with Crippen molar-refractivity contribution in [2.45, 2.75) is 25.6 Å². The molecule has 1 aliphatic rings. The third-order valence-electron chi connectivity index (χ3n) is 3.81. The average molecular weight is 349 g/mol. The topological polar surface area (TPSA) is 73.9 Å². The number of nitrogens with one attached hydrogen (secondary N) is 1. The Balaban J connectivity index is 1.92. The lowest BCUT2D eigenvalue weighted by Gasteiger charge is -2.18. The van der Waals surface area contributed by atoms with Gasteiger partial charge in [-0.3, -0.25) is 0 Å². The van der Waals surface area contributed by atoms with Crippen LogP contribution < -0.4 is 4.72 Å². The van der Waals surface area contributed by atoms with E-state index in [0.29, 0.717) is 0 Å². The molecule has 7 heteroatoms. The summed E-state index contributed by atoms with van der Waals surface area (Å²) in [7, 11) is -2.64. The lowest BCUT2D eigenvalue weighted by molar-refractivity contribution is -0.104. The summed E-state index contributed by atoms with van der Waals surface area (Å²) < 4.78 is 42.6. The van der Waals surface area contributed by atoms with Gasteiger partial charge >= 0.3 is 10.3 Å². The molecule has 0 radical (unpaired) electrons. The summed E-state index contributed by atoms with van der Waals surface area (Å²) in [6.07, 6.45) is -2.43. The molecule has 3 unspecified atom stereocenters. The number of rotatable bonds is 5. The molecule has 2 aromatic rings. The number of aryl methyl sites for hydroxylation is 1. The molecule has 1 aliphatic heterocycles. The highest BCUT2D eigenvalue weighted by Gasteiger charge is 2.41. The molecule has 0 amide bonds. The molecule has 0 aromatic heterocycles. The molecule has 24 heavy (non-hydrogen) atoms. The van der Waals surface area contributed by atoms with Crippen molar-refractivity contribution in [3.63, 3.8) is 0 Å². The third-order valence-corrected chi connectivity index (χ3v) is 4.76. The minimum atomic E-state index is -3.92. The van der Waals surface area contributed by atoms with Crippen LogP contribution >= 0.6 is 0 Å². The van der Waals surface area contributed by atoms with E-state index in [9.17, 15) is 8.42 Å². The Kier molecular flexibility index (Phi) is 4.98. The van der Waals surface area contributed by atoms with Gasteiger partial charge in [0.25, 0.3) is 0 Å². The van der Waals surface area contributed by atoms with E-state index in [4.69, 9.17) is 13.7 Å². The van der Waals surface area contributed by atoms with Crippen LogP contribution in [-0.2, 0) is 24.0 Å². The summed E-state index contributed by atoms with van der Waals surface area (Å²) in [5.74, 6) is 0. The highest BCUT2D eigenvalue weighted by molar-refractivity contribution is 7.84. The predicted molar refractivity (Wildman–Crippen MR) is 88.1 cm³/mol. The molecule has 0 bridgehead atoms. The van der Waals surface area contributed by atoms with E-state index in [2.05, 4.69) is 4.72 Å². The van der Waals surface area contributed by atoms with Crippen LogP contribution in [0.4, 0.5) is 0 Å². The Hall–Kier alpha value is -1.77. The Morgan fingerprint density at radius 1 is 1.00 bits per heavy atom. The van der Waals surface area contributed by atoms with Gasteiger partial charge in [0.2, 0.25) is 6.29 Å². The van der Waals surface area contributed by atoms with Gasteiger partial charge in [-0.05, 0) is 18.1 Å². The second-order valence-electron chi connectivity index (χ2n) is 5.41. The zero-order chi connectivity index (χ0) is 17.2. The standard InChI is InChI=1S/C17H19NO5S/c1-12-8-6-7-11-14(12)15-17(23-24(19,20)18-2)22-16(21-15)13-9-4-3-5-10-13/h3-11,15-18H,1-2H3. The summed E-state index contributed by atoms with van der Waals surface area (Å²) in [6.45, 7) is 1.93. The molecule has 3 atom stereocenters. The van der Waals surface area contributed by atoms with Crippen LogP contribution in [0.15, 0.2) is 54.6 Å². The van der Waals surface area contributed by atoms with Crippen molar-refractivity contribution in [1.82, 2.24) is 4.72 Å².